The molecule has 0 bridgehead atoms. The predicted molar refractivity (Wildman–Crippen MR) is 84.0 cm³/mol. The van der Waals surface area contributed by atoms with Crippen molar-refractivity contribution in [3.8, 4) is 0 Å². The lowest BCUT2D eigenvalue weighted by molar-refractivity contribution is -0.695. The molecule has 0 N–H and O–H groups in total. The summed E-state index contributed by atoms with van der Waals surface area (Å²) in [4.78, 5) is 0. The van der Waals surface area contributed by atoms with Crippen LogP contribution < -0.4 is 0 Å². The summed E-state index contributed by atoms with van der Waals surface area (Å²) in [7, 11) is 0. The number of hydrogen-bond acceptors (Lipinski definition) is 0. The van der Waals surface area contributed by atoms with Gasteiger partial charge in [0.2, 0.25) is 0 Å². The summed E-state index contributed by atoms with van der Waals surface area (Å²) < 4.78 is 0. The third-order valence-electron chi connectivity index (χ3n) is 16.8. The van der Waals surface area contributed by atoms with Crippen LogP contribution in [-0.4, -0.2) is 0 Å². The van der Waals surface area contributed by atoms with Crippen LogP contribution in [0.2, 0.25) is 0 Å². The van der Waals surface area contributed by atoms with Gasteiger partial charge < -0.3 is 0 Å². The summed E-state index contributed by atoms with van der Waals surface area (Å²) in [6, 6.07) is 0. The highest BCUT2D eigenvalue weighted by Crippen LogP contribution is 3.16. The molecule has 0 aromatic carbocycles. The van der Waals surface area contributed by atoms with Gasteiger partial charge in [0, 0.05) is 0 Å². The molecule has 0 nitrogen and oxygen atoms in total. The molecule has 20 atom stereocenters. The predicted octanol–water partition coefficient (Wildman–Crippen LogP) is 3.53. The first-order valence-electron chi connectivity index (χ1n) is 11.9. The van der Waals surface area contributed by atoms with Crippen LogP contribution in [0.4, 0.5) is 0 Å². The van der Waals surface area contributed by atoms with Crippen LogP contribution in [0.5, 0.6) is 0 Å². The monoisotopic (exact) mass is 312 g/mol. The quantitative estimate of drug-likeness (QED) is 0.642. The van der Waals surface area contributed by atoms with Gasteiger partial charge in [-0.2, -0.15) is 0 Å². The molecule has 0 radical (unpaired) electrons. The zero-order valence-corrected chi connectivity index (χ0v) is 14.1. The average molecular weight is 312 g/mol. The largest absolute Gasteiger partial charge is 0.0459 e. The Hall–Kier alpha value is 0. The Morgan fingerprint density at radius 1 is 0.333 bits per heavy atom. The Kier molecular flexibility index (Phi) is 0.787. The Bertz CT molecular complexity index is 774. The first-order chi connectivity index (χ1) is 11.9. The van der Waals surface area contributed by atoms with Crippen molar-refractivity contribution in [2.45, 2.75) is 25.7 Å². The fourth-order valence-corrected chi connectivity index (χ4v) is 18.3. The molecule has 0 saturated heterocycles. The highest BCUT2D eigenvalue weighted by Gasteiger charge is 3.13. The molecule has 0 amide bonds. The van der Waals surface area contributed by atoms with Crippen LogP contribution in [-0.2, 0) is 0 Å². The van der Waals surface area contributed by atoms with E-state index in [2.05, 4.69) is 0 Å². The molecule has 0 heterocycles. The van der Waals surface area contributed by atoms with Crippen molar-refractivity contribution in [2.75, 3.05) is 0 Å². The molecule has 4 spiro atoms. The first kappa shape index (κ1) is 9.80. The second-order valence-corrected chi connectivity index (χ2v) is 13.9. The molecule has 13 rings (SSSR count). The van der Waals surface area contributed by atoms with Crippen molar-refractivity contribution in [3.05, 3.63) is 0 Å². The second kappa shape index (κ2) is 1.93. The van der Waals surface area contributed by atoms with Gasteiger partial charge in [-0.3, -0.25) is 0 Å². The SMILES string of the molecule is C1C2C3C4C5CC6C7CC8C(C9C%10CC%11C1C21C3C9C%10%111)C1C4C56C871. The van der Waals surface area contributed by atoms with Crippen LogP contribution in [0.15, 0.2) is 0 Å². The Morgan fingerprint density at radius 2 is 0.583 bits per heavy atom. The minimum atomic E-state index is 1.07. The molecule has 0 aromatic heterocycles. The van der Waals surface area contributed by atoms with Crippen LogP contribution in [0.25, 0.3) is 0 Å². The van der Waals surface area contributed by atoms with Crippen molar-refractivity contribution < 1.29 is 0 Å². The molecular formula is C24H24. The van der Waals surface area contributed by atoms with Crippen LogP contribution in [0, 0.1) is 116 Å². The Balaban J connectivity index is 1.15. The van der Waals surface area contributed by atoms with Gasteiger partial charge in [0.15, 0.2) is 0 Å². The topological polar surface area (TPSA) is 0 Å². The summed E-state index contributed by atoms with van der Waals surface area (Å²) >= 11 is 0. The number of hydrogen-bond donors (Lipinski definition) is 0. The van der Waals surface area contributed by atoms with Crippen molar-refractivity contribution in [1.29, 1.82) is 0 Å². The van der Waals surface area contributed by atoms with E-state index in [1.54, 1.807) is 25.7 Å². The molecule has 13 saturated carbocycles. The van der Waals surface area contributed by atoms with Gasteiger partial charge in [0.1, 0.15) is 0 Å². The van der Waals surface area contributed by atoms with E-state index in [1.165, 1.54) is 94.7 Å². The van der Waals surface area contributed by atoms with E-state index < -0.39 is 0 Å². The molecular weight excluding hydrogens is 288 g/mol. The average Bonchev–Trinajstić information content (AvgIpc) is 2.45. The first-order valence-corrected chi connectivity index (χ1v) is 11.9. The molecule has 13 aliphatic carbocycles. The molecule has 0 aliphatic heterocycles. The third-order valence-corrected chi connectivity index (χ3v) is 16.8. The Labute approximate surface area is 142 Å². The maximum absolute atomic E-state index is 1.74. The lowest BCUT2D eigenvalue weighted by Crippen LogP contribution is -3.12. The highest BCUT2D eigenvalue weighted by molar-refractivity contribution is 5.59. The van der Waals surface area contributed by atoms with Crippen molar-refractivity contribution in [1.82, 2.24) is 0 Å². The van der Waals surface area contributed by atoms with Gasteiger partial charge in [-0.15, -0.1) is 0 Å². The third kappa shape index (κ3) is 0.370. The van der Waals surface area contributed by atoms with Crippen molar-refractivity contribution >= 4 is 0 Å². The molecule has 13 aliphatic rings. The van der Waals surface area contributed by atoms with Crippen molar-refractivity contribution in [2.24, 2.45) is 116 Å². The standard InChI is InChI=1S/C24H24/c1-5-6-2-10-15-16-12-4-8-7-3-11-14(18-20(16)24(8,12)23(7,11)18)13-9(1)21(5)17(13)19(15)22(6,10)21/h5-20H,1-4H2. The van der Waals surface area contributed by atoms with Crippen LogP contribution in [0.1, 0.15) is 25.7 Å². The van der Waals surface area contributed by atoms with Crippen LogP contribution in [0.3, 0.4) is 0 Å². The fourth-order valence-electron chi connectivity index (χ4n) is 18.3. The zero-order chi connectivity index (χ0) is 14.1. The van der Waals surface area contributed by atoms with E-state index in [0.29, 0.717) is 0 Å². The summed E-state index contributed by atoms with van der Waals surface area (Å²) in [6.07, 6.45) is 6.98. The minimum Gasteiger partial charge on any atom is -0.0459 e. The van der Waals surface area contributed by atoms with Gasteiger partial charge in [-0.25, -0.2) is 0 Å². The van der Waals surface area contributed by atoms with Gasteiger partial charge in [-0.05, 0) is 142 Å². The summed E-state index contributed by atoms with van der Waals surface area (Å²) in [6.45, 7) is 0. The van der Waals surface area contributed by atoms with E-state index in [-0.39, 0.29) is 0 Å². The maximum Gasteiger partial charge on any atom is -0.0136 e. The van der Waals surface area contributed by atoms with E-state index >= 15 is 0 Å². The van der Waals surface area contributed by atoms with Crippen LogP contribution >= 0.6 is 0 Å². The lowest BCUT2D eigenvalue weighted by atomic mass is 8.88. The normalized spacial score (nSPS) is 108. The van der Waals surface area contributed by atoms with E-state index in [1.807, 2.05) is 0 Å². The molecule has 0 aromatic rings. The highest BCUT2D eigenvalue weighted by atomic mass is 15.2. The lowest BCUT2D eigenvalue weighted by Gasteiger charge is -3.16. The van der Waals surface area contributed by atoms with E-state index in [4.69, 9.17) is 0 Å². The number of fused-ring (bicyclic) bond motifs is 8. The van der Waals surface area contributed by atoms with Gasteiger partial charge >= 0.3 is 0 Å². The van der Waals surface area contributed by atoms with Gasteiger partial charge in [0.25, 0.3) is 0 Å². The van der Waals surface area contributed by atoms with E-state index in [9.17, 15) is 0 Å². The zero-order valence-electron chi connectivity index (χ0n) is 14.1. The van der Waals surface area contributed by atoms with Gasteiger partial charge in [0.05, 0.1) is 0 Å². The van der Waals surface area contributed by atoms with Crippen molar-refractivity contribution in [3.63, 3.8) is 0 Å². The maximum atomic E-state index is 1.74. The van der Waals surface area contributed by atoms with Gasteiger partial charge in [-0.1, -0.05) is 0 Å². The molecule has 13 fully saturated rings. The molecule has 120 valence electrons. The van der Waals surface area contributed by atoms with E-state index in [0.717, 1.165) is 21.7 Å². The smallest absolute Gasteiger partial charge is 0.0136 e. The summed E-state index contributed by atoms with van der Waals surface area (Å²) in [5.41, 5.74) is 4.27. The summed E-state index contributed by atoms with van der Waals surface area (Å²) in [5, 5.41) is 0. The molecule has 0 heteroatoms. The Morgan fingerprint density at radius 3 is 0.833 bits per heavy atom. The minimum absolute atomic E-state index is 1.07. The molecule has 20 unspecified atom stereocenters. The number of rotatable bonds is 0. The fraction of sp³-hybridized carbons (Fsp3) is 1.00. The molecule has 24 heavy (non-hydrogen) atoms. The second-order valence-electron chi connectivity index (χ2n) is 13.9. The summed E-state index contributed by atoms with van der Waals surface area (Å²) in [5.74, 6) is 21.1.